The lowest BCUT2D eigenvalue weighted by molar-refractivity contribution is -0.00555. The summed E-state index contributed by atoms with van der Waals surface area (Å²) in [6.45, 7) is 5.18. The molecule has 0 saturated heterocycles. The number of benzene rings is 1. The first-order valence-electron chi connectivity index (χ1n) is 6.80. The van der Waals surface area contributed by atoms with Crippen LogP contribution in [0.3, 0.4) is 0 Å². The van der Waals surface area contributed by atoms with Crippen LogP contribution in [0.4, 0.5) is 0 Å². The highest BCUT2D eigenvalue weighted by atomic mass is 35.5. The summed E-state index contributed by atoms with van der Waals surface area (Å²) >= 11 is 6.14. The molecule has 0 aliphatic heterocycles. The van der Waals surface area contributed by atoms with E-state index in [-0.39, 0.29) is 0 Å². The smallest absolute Gasteiger partial charge is 0.0992 e. The Kier molecular flexibility index (Phi) is 4.50. The van der Waals surface area contributed by atoms with Gasteiger partial charge in [-0.3, -0.25) is 0 Å². The molecule has 0 bridgehead atoms. The fraction of sp³-hybridized carbons (Fsp3) is 0.562. The molecular formula is C16H20ClNO. The number of nitrogens with zero attached hydrogens (tertiary/aromatic N) is 1. The molecule has 1 aliphatic rings. The van der Waals surface area contributed by atoms with Gasteiger partial charge < -0.3 is 4.74 Å². The predicted molar refractivity (Wildman–Crippen MR) is 77.0 cm³/mol. The Hall–Kier alpha value is -1.04. The van der Waals surface area contributed by atoms with Crippen molar-refractivity contribution in [3.63, 3.8) is 0 Å². The van der Waals surface area contributed by atoms with Crippen LogP contribution in [0.5, 0.6) is 0 Å². The second-order valence-electron chi connectivity index (χ2n) is 6.09. The lowest BCUT2D eigenvalue weighted by atomic mass is 9.76. The fourth-order valence-corrected chi connectivity index (χ4v) is 2.72. The van der Waals surface area contributed by atoms with Crippen LogP contribution in [0.25, 0.3) is 0 Å². The van der Waals surface area contributed by atoms with Gasteiger partial charge in [-0.15, -0.1) is 0 Å². The molecule has 0 aromatic heterocycles. The Morgan fingerprint density at radius 1 is 1.37 bits per heavy atom. The van der Waals surface area contributed by atoms with Gasteiger partial charge in [0.15, 0.2) is 0 Å². The summed E-state index contributed by atoms with van der Waals surface area (Å²) in [7, 11) is 0. The number of rotatable bonds is 3. The highest BCUT2D eigenvalue weighted by Gasteiger charge is 2.27. The topological polar surface area (TPSA) is 33.0 Å². The van der Waals surface area contributed by atoms with Crippen molar-refractivity contribution in [3.05, 3.63) is 34.3 Å². The zero-order valence-corrected chi connectivity index (χ0v) is 12.3. The van der Waals surface area contributed by atoms with E-state index < -0.39 is 0 Å². The molecule has 0 radical (unpaired) electrons. The van der Waals surface area contributed by atoms with Gasteiger partial charge in [0.1, 0.15) is 0 Å². The zero-order chi connectivity index (χ0) is 13.9. The molecule has 1 fully saturated rings. The summed E-state index contributed by atoms with van der Waals surface area (Å²) in [5.41, 5.74) is 2.02. The van der Waals surface area contributed by atoms with E-state index >= 15 is 0 Å². The first-order chi connectivity index (χ1) is 9.00. The van der Waals surface area contributed by atoms with Crippen LogP contribution in [0.1, 0.15) is 50.7 Å². The molecule has 19 heavy (non-hydrogen) atoms. The van der Waals surface area contributed by atoms with Gasteiger partial charge in [-0.05, 0) is 48.8 Å². The quantitative estimate of drug-likeness (QED) is 0.802. The van der Waals surface area contributed by atoms with Crippen LogP contribution in [0.15, 0.2) is 18.2 Å². The Bertz CT molecular complexity index is 480. The molecule has 0 N–H and O–H groups in total. The normalized spacial score (nSPS) is 19.1. The molecule has 0 unspecified atom stereocenters. The minimum Gasteiger partial charge on any atom is -0.373 e. The minimum absolute atomic E-state index is 0.347. The third kappa shape index (κ3) is 3.96. The van der Waals surface area contributed by atoms with Crippen molar-refractivity contribution in [1.29, 1.82) is 5.26 Å². The summed E-state index contributed by atoms with van der Waals surface area (Å²) in [4.78, 5) is 0. The lowest BCUT2D eigenvalue weighted by Gasteiger charge is -2.34. The molecule has 0 atom stereocenters. The largest absolute Gasteiger partial charge is 0.373 e. The van der Waals surface area contributed by atoms with Gasteiger partial charge in [0.2, 0.25) is 0 Å². The fourth-order valence-electron chi connectivity index (χ4n) is 2.48. The number of ether oxygens (including phenoxy) is 1. The van der Waals surface area contributed by atoms with E-state index in [9.17, 15) is 0 Å². The minimum atomic E-state index is 0.347. The maximum atomic E-state index is 8.80. The first-order valence-corrected chi connectivity index (χ1v) is 7.18. The Morgan fingerprint density at radius 3 is 2.63 bits per heavy atom. The average molecular weight is 278 g/mol. The van der Waals surface area contributed by atoms with Crippen molar-refractivity contribution in [2.45, 2.75) is 52.2 Å². The van der Waals surface area contributed by atoms with Crippen LogP contribution < -0.4 is 0 Å². The number of hydrogen-bond acceptors (Lipinski definition) is 2. The van der Waals surface area contributed by atoms with Crippen molar-refractivity contribution in [3.8, 4) is 6.07 Å². The second-order valence-corrected chi connectivity index (χ2v) is 6.50. The highest BCUT2D eigenvalue weighted by Crippen LogP contribution is 2.36. The molecule has 1 saturated carbocycles. The first kappa shape index (κ1) is 14.4. The third-order valence-corrected chi connectivity index (χ3v) is 4.29. The zero-order valence-electron chi connectivity index (χ0n) is 11.6. The predicted octanol–water partition coefficient (Wildman–Crippen LogP) is 4.70. The maximum Gasteiger partial charge on any atom is 0.0992 e. The van der Waals surface area contributed by atoms with E-state index in [2.05, 4.69) is 19.9 Å². The number of hydrogen-bond donors (Lipinski definition) is 0. The monoisotopic (exact) mass is 277 g/mol. The van der Waals surface area contributed by atoms with Crippen LogP contribution in [-0.2, 0) is 11.3 Å². The van der Waals surface area contributed by atoms with Crippen LogP contribution in [0.2, 0.25) is 5.02 Å². The standard InChI is InChI=1S/C16H20ClNO/c1-16(2)7-5-14(6-8-16)19-11-13-4-3-12(10-18)9-15(13)17/h3-4,9,14H,5-8,11H2,1-2H3. The van der Waals surface area contributed by atoms with Crippen molar-refractivity contribution in [2.75, 3.05) is 0 Å². The van der Waals surface area contributed by atoms with Gasteiger partial charge in [-0.2, -0.15) is 5.26 Å². The highest BCUT2D eigenvalue weighted by molar-refractivity contribution is 6.31. The van der Waals surface area contributed by atoms with Gasteiger partial charge in [0.25, 0.3) is 0 Å². The summed E-state index contributed by atoms with van der Waals surface area (Å²) in [6, 6.07) is 7.45. The molecule has 0 heterocycles. The van der Waals surface area contributed by atoms with E-state index in [1.165, 1.54) is 12.8 Å². The van der Waals surface area contributed by atoms with Gasteiger partial charge in [0, 0.05) is 5.02 Å². The lowest BCUT2D eigenvalue weighted by Crippen LogP contribution is -2.26. The van der Waals surface area contributed by atoms with Crippen LogP contribution in [-0.4, -0.2) is 6.10 Å². The molecule has 102 valence electrons. The molecule has 2 nitrogen and oxygen atoms in total. The molecule has 0 amide bonds. The number of nitriles is 1. The summed E-state index contributed by atoms with van der Waals surface area (Å²) < 4.78 is 5.95. The van der Waals surface area contributed by atoms with Gasteiger partial charge in [-0.25, -0.2) is 0 Å². The summed E-state index contributed by atoms with van der Waals surface area (Å²) in [6.07, 6.45) is 5.04. The molecule has 1 aromatic carbocycles. The van der Waals surface area contributed by atoms with E-state index in [1.807, 2.05) is 6.07 Å². The Morgan fingerprint density at radius 2 is 2.05 bits per heavy atom. The van der Waals surface area contributed by atoms with Crippen molar-refractivity contribution >= 4 is 11.6 Å². The molecule has 0 spiro atoms. The van der Waals surface area contributed by atoms with Gasteiger partial charge in [-0.1, -0.05) is 31.5 Å². The number of halogens is 1. The molecular weight excluding hydrogens is 258 g/mol. The molecule has 2 rings (SSSR count). The molecule has 1 aromatic rings. The Labute approximate surface area is 120 Å². The van der Waals surface area contributed by atoms with Crippen molar-refractivity contribution in [1.82, 2.24) is 0 Å². The van der Waals surface area contributed by atoms with Crippen molar-refractivity contribution in [2.24, 2.45) is 5.41 Å². The summed E-state index contributed by atoms with van der Waals surface area (Å²) in [5.74, 6) is 0. The maximum absolute atomic E-state index is 8.80. The van der Waals surface area contributed by atoms with Gasteiger partial charge in [0.05, 0.1) is 24.3 Å². The average Bonchev–Trinajstić information content (AvgIpc) is 2.38. The molecule has 1 aliphatic carbocycles. The van der Waals surface area contributed by atoms with E-state index in [0.717, 1.165) is 18.4 Å². The van der Waals surface area contributed by atoms with Crippen LogP contribution in [0, 0.1) is 16.7 Å². The van der Waals surface area contributed by atoms with Crippen LogP contribution >= 0.6 is 11.6 Å². The summed E-state index contributed by atoms with van der Waals surface area (Å²) in [5, 5.41) is 9.42. The molecule has 3 heteroatoms. The van der Waals surface area contributed by atoms with Gasteiger partial charge >= 0.3 is 0 Å². The van der Waals surface area contributed by atoms with E-state index in [1.54, 1.807) is 12.1 Å². The van der Waals surface area contributed by atoms with Crippen molar-refractivity contribution < 1.29 is 4.74 Å². The SMILES string of the molecule is CC1(C)CCC(OCc2ccc(C#N)cc2Cl)CC1. The Balaban J connectivity index is 1.88. The third-order valence-electron chi connectivity index (χ3n) is 3.94. The van der Waals surface area contributed by atoms with E-state index in [0.29, 0.717) is 28.7 Å². The van der Waals surface area contributed by atoms with E-state index in [4.69, 9.17) is 21.6 Å². The second kappa shape index (κ2) is 5.94.